The zero-order chi connectivity index (χ0) is 8.59. The first kappa shape index (κ1) is 11.6. The van der Waals surface area contributed by atoms with Crippen molar-refractivity contribution in [3.05, 3.63) is 20.3 Å². The fourth-order valence-electron chi connectivity index (χ4n) is 0.561. The van der Waals surface area contributed by atoms with Crippen LogP contribution in [-0.4, -0.2) is 0 Å². The molecule has 0 radical (unpaired) electrons. The van der Waals surface area contributed by atoms with E-state index in [0.717, 1.165) is 4.90 Å². The van der Waals surface area contributed by atoms with Crippen molar-refractivity contribution in [1.29, 1.82) is 0 Å². The van der Waals surface area contributed by atoms with Crippen molar-refractivity contribution in [3.63, 3.8) is 0 Å². The van der Waals surface area contributed by atoms with E-state index >= 15 is 0 Å². The summed E-state index contributed by atoms with van der Waals surface area (Å²) in [4.78, 5) is 1.10. The summed E-state index contributed by atoms with van der Waals surface area (Å²) in [6, 6.07) is 2.17. The Morgan fingerprint density at radius 2 is 1.27 bits per heavy atom. The summed E-state index contributed by atoms with van der Waals surface area (Å²) in [6.45, 7) is 0. The molecule has 0 unspecified atom stereocenters. The van der Waals surface area contributed by atoms with Crippen LogP contribution in [0.5, 0.6) is 0 Å². The molecule has 0 nitrogen and oxygen atoms in total. The molecule has 0 saturated carbocycles. The van der Waals surface area contributed by atoms with Crippen molar-refractivity contribution >= 4 is 103 Å². The molecule has 5 heteroatoms. The standard InChI is InChI=1S/C6H2I4S/c7-2-1-3(8)5(10)6(11)4(2)9/h1,11H. The highest BCUT2D eigenvalue weighted by molar-refractivity contribution is 14.1. The van der Waals surface area contributed by atoms with Crippen LogP contribution in [0.4, 0.5) is 0 Å². The minimum atomic E-state index is 1.10. The highest BCUT2D eigenvalue weighted by Crippen LogP contribution is 2.30. The highest BCUT2D eigenvalue weighted by atomic mass is 127. The van der Waals surface area contributed by atoms with Gasteiger partial charge in [0.05, 0.1) is 0 Å². The fraction of sp³-hybridized carbons (Fsp3) is 0. The van der Waals surface area contributed by atoms with Gasteiger partial charge < -0.3 is 0 Å². The van der Waals surface area contributed by atoms with Crippen LogP contribution < -0.4 is 0 Å². The fourth-order valence-corrected chi connectivity index (χ4v) is 4.35. The topological polar surface area (TPSA) is 0 Å². The van der Waals surface area contributed by atoms with Crippen LogP contribution >= 0.6 is 103 Å². The average Bonchev–Trinajstić information content (AvgIpc) is 1.97. The van der Waals surface area contributed by atoms with Crippen molar-refractivity contribution < 1.29 is 0 Å². The Hall–Kier alpha value is 2.49. The van der Waals surface area contributed by atoms with Gasteiger partial charge in [-0.2, -0.15) is 0 Å². The first-order valence-corrected chi connectivity index (χ1v) is 7.32. The van der Waals surface area contributed by atoms with Gasteiger partial charge in [-0.1, -0.05) is 0 Å². The van der Waals surface area contributed by atoms with Crippen LogP contribution in [0.1, 0.15) is 0 Å². The number of hydrogen-bond donors (Lipinski definition) is 1. The summed E-state index contributed by atoms with van der Waals surface area (Å²) < 4.78 is 5.05. The number of thiol groups is 1. The maximum absolute atomic E-state index is 4.43. The van der Waals surface area contributed by atoms with Gasteiger partial charge in [-0.15, -0.1) is 12.6 Å². The molecule has 0 aliphatic carbocycles. The summed E-state index contributed by atoms with van der Waals surface area (Å²) in [5.41, 5.74) is 0. The van der Waals surface area contributed by atoms with Gasteiger partial charge in [-0.3, -0.25) is 0 Å². The van der Waals surface area contributed by atoms with Crippen LogP contribution in [-0.2, 0) is 0 Å². The number of halogens is 4. The van der Waals surface area contributed by atoms with Crippen LogP contribution in [0, 0.1) is 14.3 Å². The third-order valence-electron chi connectivity index (χ3n) is 1.09. The maximum Gasteiger partial charge on any atom is 0.0408 e. The average molecular weight is 614 g/mol. The molecule has 0 aromatic heterocycles. The molecule has 0 saturated heterocycles. The molecule has 0 heterocycles. The third kappa shape index (κ3) is 2.72. The largest absolute Gasteiger partial charge is 0.141 e. The minimum absolute atomic E-state index is 1.10. The first-order chi connectivity index (χ1) is 5.04. The Bertz CT molecular complexity index is 271. The molecule has 0 atom stereocenters. The molecular formula is C6H2I4S. The van der Waals surface area contributed by atoms with Crippen molar-refractivity contribution in [2.75, 3.05) is 0 Å². The van der Waals surface area contributed by atoms with Crippen LogP contribution in [0.3, 0.4) is 0 Å². The predicted molar refractivity (Wildman–Crippen MR) is 84.6 cm³/mol. The van der Waals surface area contributed by atoms with Crippen molar-refractivity contribution in [3.8, 4) is 0 Å². The molecular weight excluding hydrogens is 612 g/mol. The summed E-state index contributed by atoms with van der Waals surface area (Å²) in [5, 5.41) is 0. The number of benzene rings is 1. The Balaban J connectivity index is 3.46. The quantitative estimate of drug-likeness (QED) is 0.251. The van der Waals surface area contributed by atoms with E-state index in [-0.39, 0.29) is 0 Å². The van der Waals surface area contributed by atoms with E-state index in [1.165, 1.54) is 14.3 Å². The van der Waals surface area contributed by atoms with Crippen LogP contribution in [0.25, 0.3) is 0 Å². The zero-order valence-electron chi connectivity index (χ0n) is 5.04. The number of hydrogen-bond acceptors (Lipinski definition) is 1. The molecule has 0 aliphatic rings. The van der Waals surface area contributed by atoms with Gasteiger partial charge in [0.1, 0.15) is 0 Å². The molecule has 60 valence electrons. The van der Waals surface area contributed by atoms with E-state index in [2.05, 4.69) is 109 Å². The van der Waals surface area contributed by atoms with Crippen LogP contribution in [0.15, 0.2) is 11.0 Å². The molecule has 1 aromatic rings. The SMILES string of the molecule is Sc1c(I)c(I)cc(I)c1I. The van der Waals surface area contributed by atoms with E-state index in [0.29, 0.717) is 0 Å². The summed E-state index contributed by atoms with van der Waals surface area (Å²) in [6.07, 6.45) is 0. The van der Waals surface area contributed by atoms with Crippen molar-refractivity contribution in [2.24, 2.45) is 0 Å². The van der Waals surface area contributed by atoms with E-state index in [1.54, 1.807) is 0 Å². The van der Waals surface area contributed by atoms with Gasteiger partial charge in [0.25, 0.3) is 0 Å². The Labute approximate surface area is 126 Å². The predicted octanol–water partition coefficient (Wildman–Crippen LogP) is 4.39. The van der Waals surface area contributed by atoms with E-state index in [9.17, 15) is 0 Å². The second-order valence-corrected chi connectivity index (χ2v) is 6.75. The van der Waals surface area contributed by atoms with Crippen LogP contribution in [0.2, 0.25) is 0 Å². The summed E-state index contributed by atoms with van der Waals surface area (Å²) in [5.74, 6) is 0. The number of rotatable bonds is 0. The molecule has 0 bridgehead atoms. The Morgan fingerprint density at radius 1 is 0.909 bits per heavy atom. The highest BCUT2D eigenvalue weighted by Gasteiger charge is 2.08. The normalized spacial score (nSPS) is 10.3. The van der Waals surface area contributed by atoms with Crippen molar-refractivity contribution in [1.82, 2.24) is 0 Å². The monoisotopic (exact) mass is 614 g/mol. The molecule has 1 rings (SSSR count). The van der Waals surface area contributed by atoms with Gasteiger partial charge in [0.15, 0.2) is 0 Å². The lowest BCUT2D eigenvalue weighted by Crippen LogP contribution is -1.90. The minimum Gasteiger partial charge on any atom is -0.141 e. The lowest BCUT2D eigenvalue weighted by atomic mass is 10.4. The molecule has 0 fully saturated rings. The Kier molecular flexibility index (Phi) is 5.07. The second kappa shape index (κ2) is 4.82. The smallest absolute Gasteiger partial charge is 0.0408 e. The zero-order valence-corrected chi connectivity index (χ0v) is 14.6. The molecule has 0 aliphatic heterocycles. The molecule has 11 heavy (non-hydrogen) atoms. The second-order valence-electron chi connectivity index (χ2n) is 1.82. The van der Waals surface area contributed by atoms with Gasteiger partial charge in [0, 0.05) is 19.2 Å². The molecule has 1 aromatic carbocycles. The van der Waals surface area contributed by atoms with Gasteiger partial charge in [0.2, 0.25) is 0 Å². The van der Waals surface area contributed by atoms with E-state index in [1.807, 2.05) is 0 Å². The lowest BCUT2D eigenvalue weighted by molar-refractivity contribution is 1.30. The van der Waals surface area contributed by atoms with Crippen molar-refractivity contribution in [2.45, 2.75) is 4.90 Å². The Morgan fingerprint density at radius 3 is 1.64 bits per heavy atom. The van der Waals surface area contributed by atoms with Gasteiger partial charge in [-0.05, 0) is 96.4 Å². The van der Waals surface area contributed by atoms with Gasteiger partial charge in [-0.25, -0.2) is 0 Å². The van der Waals surface area contributed by atoms with Gasteiger partial charge >= 0.3 is 0 Å². The molecule has 0 N–H and O–H groups in total. The lowest BCUT2D eigenvalue weighted by Gasteiger charge is -2.04. The van der Waals surface area contributed by atoms with E-state index in [4.69, 9.17) is 0 Å². The summed E-state index contributed by atoms with van der Waals surface area (Å²) in [7, 11) is 0. The van der Waals surface area contributed by atoms with E-state index < -0.39 is 0 Å². The molecule has 0 amide bonds. The molecule has 0 spiro atoms. The third-order valence-corrected chi connectivity index (χ3v) is 8.40. The maximum atomic E-state index is 4.43. The first-order valence-electron chi connectivity index (χ1n) is 2.56. The summed E-state index contributed by atoms with van der Waals surface area (Å²) >= 11 is 13.7.